The van der Waals surface area contributed by atoms with E-state index in [2.05, 4.69) is 40.0 Å². The fourth-order valence-electron chi connectivity index (χ4n) is 6.19. The first-order valence-corrected chi connectivity index (χ1v) is 12.1. The van der Waals surface area contributed by atoms with E-state index >= 15 is 0 Å². The lowest BCUT2D eigenvalue weighted by Gasteiger charge is -2.45. The summed E-state index contributed by atoms with van der Waals surface area (Å²) in [5.41, 5.74) is 3.73. The minimum atomic E-state index is 0.204. The number of aromatic hydroxyl groups is 1. The first-order chi connectivity index (χ1) is 15.5. The van der Waals surface area contributed by atoms with Crippen LogP contribution in [-0.2, 0) is 0 Å². The summed E-state index contributed by atoms with van der Waals surface area (Å²) in [4.78, 5) is 5.27. The number of aromatic nitrogens is 4. The molecule has 1 aromatic carbocycles. The van der Waals surface area contributed by atoms with Crippen LogP contribution >= 0.6 is 11.3 Å². The van der Waals surface area contributed by atoms with E-state index in [0.717, 1.165) is 39.5 Å². The summed E-state index contributed by atoms with van der Waals surface area (Å²) in [5, 5.41) is 23.5. The van der Waals surface area contributed by atoms with E-state index in [1.165, 1.54) is 30.7 Å². The minimum Gasteiger partial charge on any atom is -0.506 e. The normalized spacial score (nSPS) is 30.6. The van der Waals surface area contributed by atoms with Gasteiger partial charge < -0.3 is 10.0 Å². The molecule has 4 aromatic rings. The molecule has 0 spiro atoms. The van der Waals surface area contributed by atoms with Crippen LogP contribution in [0.1, 0.15) is 32.6 Å². The van der Waals surface area contributed by atoms with Gasteiger partial charge in [-0.15, -0.1) is 11.3 Å². The average Bonchev–Trinajstić information content (AvgIpc) is 3.31. The van der Waals surface area contributed by atoms with Crippen LogP contribution in [0.2, 0.25) is 0 Å². The number of rotatable bonds is 4. The Morgan fingerprint density at radius 2 is 2.09 bits per heavy atom. The first-order valence-electron chi connectivity index (χ1n) is 11.3. The summed E-state index contributed by atoms with van der Waals surface area (Å²) in [6.07, 6.45) is 10.9. The maximum absolute atomic E-state index is 10.6. The molecule has 0 saturated carbocycles. The smallest absolute Gasteiger partial charge is 0.141 e. The van der Waals surface area contributed by atoms with Crippen molar-refractivity contribution in [3.8, 4) is 22.6 Å². The van der Waals surface area contributed by atoms with Crippen LogP contribution in [0.25, 0.3) is 27.0 Å². The number of nitrogens with zero attached hydrogens (tertiary/aromatic N) is 5. The molecule has 164 valence electrons. The van der Waals surface area contributed by atoms with E-state index in [9.17, 15) is 5.11 Å². The molecule has 3 fully saturated rings. The highest BCUT2D eigenvalue weighted by atomic mass is 32.1. The number of hydrogen-bond donors (Lipinski definition) is 2. The third-order valence-electron chi connectivity index (χ3n) is 8.04. The maximum Gasteiger partial charge on any atom is 0.141 e. The van der Waals surface area contributed by atoms with Gasteiger partial charge in [0.05, 0.1) is 15.9 Å². The lowest BCUT2D eigenvalue weighted by Crippen LogP contribution is -2.51. The van der Waals surface area contributed by atoms with Crippen LogP contribution < -0.4 is 4.90 Å². The van der Waals surface area contributed by atoms with Gasteiger partial charge in [-0.25, -0.2) is 4.68 Å². The third-order valence-corrected chi connectivity index (χ3v) is 9.17. The molecule has 0 amide bonds. The topological polar surface area (TPSA) is 73.0 Å². The Kier molecular flexibility index (Phi) is 3.72. The number of hydrogen-bond acceptors (Lipinski definition) is 6. The Morgan fingerprint density at radius 1 is 1.19 bits per heavy atom. The standard InChI is InChI=1S/C24H26N6OS/c1-24(9-16-4-6-18-20(10-24)30(16)18)28(2)23-8-17-22(32-23)13-29(27-17)19-5-3-14(7-21(19)31)15-11-25-26-12-15/h3,5,7-8,11-13,16,18,20,31H,4,6,9-10H2,1-2H3,(H,25,26). The summed E-state index contributed by atoms with van der Waals surface area (Å²) in [5.74, 6) is 0.204. The number of thiophene rings is 1. The van der Waals surface area contributed by atoms with Crippen molar-refractivity contribution in [3.63, 3.8) is 0 Å². The zero-order chi connectivity index (χ0) is 21.6. The van der Waals surface area contributed by atoms with Crippen LogP contribution in [0.4, 0.5) is 5.00 Å². The van der Waals surface area contributed by atoms with Crippen molar-refractivity contribution in [3.05, 3.63) is 42.9 Å². The molecule has 8 heteroatoms. The SMILES string of the molecule is CN(c1cc2nn(-c3ccc(-c4cn[nH]c4)cc3O)cc2s1)C1(C)CC2CCC3C(C1)N23. The largest absolute Gasteiger partial charge is 0.506 e. The Bertz CT molecular complexity index is 1290. The number of nitrogens with one attached hydrogen (secondary N) is 1. The number of benzene rings is 1. The zero-order valence-electron chi connectivity index (χ0n) is 18.2. The molecular formula is C24H26N6OS. The molecule has 7 nitrogen and oxygen atoms in total. The lowest BCUT2D eigenvalue weighted by molar-refractivity contribution is 0.211. The molecule has 3 saturated heterocycles. The number of fused-ring (bicyclic) bond motifs is 2. The second-order valence-electron chi connectivity index (χ2n) is 9.88. The Labute approximate surface area is 190 Å². The van der Waals surface area contributed by atoms with Crippen molar-refractivity contribution in [1.29, 1.82) is 0 Å². The van der Waals surface area contributed by atoms with Gasteiger partial charge in [-0.3, -0.25) is 10.00 Å². The third kappa shape index (κ3) is 2.62. The van der Waals surface area contributed by atoms with Gasteiger partial charge in [0.2, 0.25) is 0 Å². The molecule has 3 aliphatic rings. The van der Waals surface area contributed by atoms with E-state index in [1.807, 2.05) is 24.5 Å². The highest BCUT2D eigenvalue weighted by molar-refractivity contribution is 7.22. The number of H-pyrrole nitrogens is 1. The lowest BCUT2D eigenvalue weighted by atomic mass is 9.81. The molecule has 2 N–H and O–H groups in total. The quantitative estimate of drug-likeness (QED) is 0.455. The van der Waals surface area contributed by atoms with Crippen molar-refractivity contribution in [2.75, 3.05) is 11.9 Å². The fraction of sp³-hybridized carbons (Fsp3) is 0.417. The van der Waals surface area contributed by atoms with Gasteiger partial charge in [0.15, 0.2) is 0 Å². The molecule has 0 aliphatic carbocycles. The molecule has 5 atom stereocenters. The second-order valence-corrected chi connectivity index (χ2v) is 10.9. The molecule has 3 aliphatic heterocycles. The van der Waals surface area contributed by atoms with E-state index in [4.69, 9.17) is 5.10 Å². The van der Waals surface area contributed by atoms with E-state index in [-0.39, 0.29) is 11.3 Å². The van der Waals surface area contributed by atoms with Gasteiger partial charge in [-0.05, 0) is 50.3 Å². The van der Waals surface area contributed by atoms with Crippen molar-refractivity contribution in [2.24, 2.45) is 0 Å². The maximum atomic E-state index is 10.6. The van der Waals surface area contributed by atoms with Crippen molar-refractivity contribution < 1.29 is 5.11 Å². The van der Waals surface area contributed by atoms with Crippen molar-refractivity contribution >= 4 is 26.6 Å². The Balaban J connectivity index is 1.16. The van der Waals surface area contributed by atoms with Crippen LogP contribution in [-0.4, -0.2) is 60.7 Å². The molecular weight excluding hydrogens is 420 g/mol. The summed E-state index contributed by atoms with van der Waals surface area (Å²) >= 11 is 1.79. The molecule has 3 aromatic heterocycles. The number of phenols is 1. The summed E-state index contributed by atoms with van der Waals surface area (Å²) in [7, 11) is 2.25. The highest BCUT2D eigenvalue weighted by Crippen LogP contribution is 2.55. The predicted octanol–water partition coefficient (Wildman–Crippen LogP) is 4.39. The summed E-state index contributed by atoms with van der Waals surface area (Å²) in [6, 6.07) is 10.3. The van der Waals surface area contributed by atoms with Gasteiger partial charge in [0.1, 0.15) is 17.0 Å². The molecule has 7 rings (SSSR count). The van der Waals surface area contributed by atoms with E-state index < -0.39 is 0 Å². The number of phenolic OH excluding ortho intramolecular Hbond substituents is 1. The van der Waals surface area contributed by atoms with E-state index in [1.54, 1.807) is 28.3 Å². The molecule has 0 bridgehead atoms. The van der Waals surface area contributed by atoms with Gasteiger partial charge in [0, 0.05) is 54.7 Å². The summed E-state index contributed by atoms with van der Waals surface area (Å²) < 4.78 is 2.92. The molecule has 32 heavy (non-hydrogen) atoms. The number of anilines is 1. The van der Waals surface area contributed by atoms with Crippen molar-refractivity contribution in [2.45, 2.75) is 56.3 Å². The molecule has 0 radical (unpaired) electrons. The van der Waals surface area contributed by atoms with E-state index in [0.29, 0.717) is 5.69 Å². The molecule has 6 heterocycles. The predicted molar refractivity (Wildman–Crippen MR) is 127 cm³/mol. The van der Waals surface area contributed by atoms with Crippen LogP contribution in [0.3, 0.4) is 0 Å². The molecule has 5 unspecified atom stereocenters. The monoisotopic (exact) mass is 446 g/mol. The minimum absolute atomic E-state index is 0.204. The van der Waals surface area contributed by atoms with Gasteiger partial charge >= 0.3 is 0 Å². The summed E-state index contributed by atoms with van der Waals surface area (Å²) in [6.45, 7) is 2.44. The average molecular weight is 447 g/mol. The number of aromatic amines is 1. The zero-order valence-corrected chi connectivity index (χ0v) is 19.0. The second kappa shape index (κ2) is 6.36. The van der Waals surface area contributed by atoms with Crippen LogP contribution in [0, 0.1) is 0 Å². The Hall–Kier alpha value is -2.84. The van der Waals surface area contributed by atoms with Crippen LogP contribution in [0.15, 0.2) is 42.9 Å². The van der Waals surface area contributed by atoms with Crippen LogP contribution in [0.5, 0.6) is 5.75 Å². The van der Waals surface area contributed by atoms with Gasteiger partial charge in [-0.2, -0.15) is 10.2 Å². The fourth-order valence-corrected chi connectivity index (χ4v) is 7.30. The Morgan fingerprint density at radius 3 is 2.84 bits per heavy atom. The first kappa shape index (κ1) is 18.7. The van der Waals surface area contributed by atoms with Gasteiger partial charge in [-0.1, -0.05) is 6.07 Å². The van der Waals surface area contributed by atoms with Gasteiger partial charge in [0.25, 0.3) is 0 Å². The number of piperidine rings is 2. The van der Waals surface area contributed by atoms with Crippen molar-refractivity contribution in [1.82, 2.24) is 24.9 Å². The highest BCUT2D eigenvalue weighted by Gasteiger charge is 2.62.